The monoisotopic (exact) mass is 535 g/mol. The Labute approximate surface area is 219 Å². The molecule has 0 aliphatic carbocycles. The predicted octanol–water partition coefficient (Wildman–Crippen LogP) is 4.71. The van der Waals surface area contributed by atoms with Crippen LogP contribution in [0.3, 0.4) is 0 Å². The molecule has 2 heterocycles. The molecule has 5 rings (SSSR count). The molecule has 0 saturated carbocycles. The minimum Gasteiger partial charge on any atom is -0.412 e. The van der Waals surface area contributed by atoms with Crippen molar-refractivity contribution in [3.8, 4) is 22.8 Å². The molecule has 3 aromatic carbocycles. The highest BCUT2D eigenvalue weighted by atomic mass is 35.5. The second-order valence-electron chi connectivity index (χ2n) is 7.86. The fourth-order valence-electron chi connectivity index (χ4n) is 4.20. The summed E-state index contributed by atoms with van der Waals surface area (Å²) in [6, 6.07) is 21.0. The lowest BCUT2D eigenvalue weighted by atomic mass is 9.93. The van der Waals surface area contributed by atoms with E-state index in [1.165, 1.54) is 0 Å². The van der Waals surface area contributed by atoms with Crippen molar-refractivity contribution in [2.24, 2.45) is 0 Å². The fourth-order valence-corrected chi connectivity index (χ4v) is 4.32. The van der Waals surface area contributed by atoms with E-state index in [-0.39, 0.29) is 17.1 Å². The van der Waals surface area contributed by atoms with E-state index in [1.54, 1.807) is 61.1 Å². The van der Waals surface area contributed by atoms with Gasteiger partial charge in [0.25, 0.3) is 5.09 Å². The van der Waals surface area contributed by atoms with Gasteiger partial charge in [-0.05, 0) is 41.0 Å². The summed E-state index contributed by atoms with van der Waals surface area (Å²) in [5.41, 5.74) is 2.76. The second kappa shape index (κ2) is 10.9. The summed E-state index contributed by atoms with van der Waals surface area (Å²) in [4.78, 5) is 40.3. The Bertz CT molecular complexity index is 1600. The molecule has 0 spiro atoms. The number of fused-ring (bicyclic) bond motifs is 1. The first-order valence-corrected chi connectivity index (χ1v) is 11.2. The number of rotatable bonds is 8. The molecule has 0 saturated heterocycles. The Morgan fingerprint density at radius 2 is 1.58 bits per heavy atom. The number of benzene rings is 3. The molecule has 0 aliphatic heterocycles. The van der Waals surface area contributed by atoms with Crippen molar-refractivity contribution in [3.63, 3.8) is 0 Å². The van der Waals surface area contributed by atoms with Gasteiger partial charge in [-0.2, -0.15) is 0 Å². The van der Waals surface area contributed by atoms with Gasteiger partial charge in [0.1, 0.15) is 0 Å². The van der Waals surface area contributed by atoms with Gasteiger partial charge >= 0.3 is 5.09 Å². The molecule has 5 aromatic rings. The van der Waals surface area contributed by atoms with E-state index in [4.69, 9.17) is 16.4 Å². The summed E-state index contributed by atoms with van der Waals surface area (Å²) in [7, 11) is 0. The van der Waals surface area contributed by atoms with Crippen LogP contribution in [0.25, 0.3) is 22.0 Å². The zero-order valence-corrected chi connectivity index (χ0v) is 20.1. The van der Waals surface area contributed by atoms with Crippen molar-refractivity contribution in [1.82, 2.24) is 14.5 Å². The number of imidazole rings is 1. The van der Waals surface area contributed by atoms with E-state index in [9.17, 15) is 20.2 Å². The van der Waals surface area contributed by atoms with Crippen molar-refractivity contribution < 1.29 is 25.3 Å². The molecule has 192 valence electrons. The van der Waals surface area contributed by atoms with E-state index in [0.717, 1.165) is 11.1 Å². The first-order valence-electron chi connectivity index (χ1n) is 10.8. The lowest BCUT2D eigenvalue weighted by molar-refractivity contribution is -0.722. The molecule has 38 heavy (non-hydrogen) atoms. The molecular weight excluding hydrogens is 518 g/mol. The maximum absolute atomic E-state index is 11.4. The lowest BCUT2D eigenvalue weighted by Crippen LogP contribution is -2.13. The number of aromatic nitrogens is 3. The Morgan fingerprint density at radius 1 is 0.895 bits per heavy atom. The van der Waals surface area contributed by atoms with Crippen LogP contribution in [-0.2, 0) is 0 Å². The minimum absolute atomic E-state index is 0. The quantitative estimate of drug-likeness (QED) is 0.203. The molecule has 13 heteroatoms. The van der Waals surface area contributed by atoms with Gasteiger partial charge in [0, 0.05) is 28.4 Å². The summed E-state index contributed by atoms with van der Waals surface area (Å²) in [5, 5.41) is 21.4. The van der Waals surface area contributed by atoms with Gasteiger partial charge in [-0.3, -0.25) is 9.68 Å². The van der Waals surface area contributed by atoms with Gasteiger partial charge < -0.3 is 10.0 Å². The van der Waals surface area contributed by atoms with Crippen LogP contribution in [0.2, 0.25) is 5.02 Å². The fraction of sp³-hybridized carbons (Fsp3) is 0.0400. The predicted molar refractivity (Wildman–Crippen MR) is 137 cm³/mol. The van der Waals surface area contributed by atoms with Crippen LogP contribution < -0.4 is 9.68 Å². The molecule has 1 atom stereocenters. The van der Waals surface area contributed by atoms with Crippen LogP contribution in [0.1, 0.15) is 17.2 Å². The van der Waals surface area contributed by atoms with Crippen molar-refractivity contribution in [3.05, 3.63) is 128 Å². The molecule has 0 amide bonds. The molecule has 0 radical (unpaired) electrons. The van der Waals surface area contributed by atoms with E-state index >= 15 is 0 Å². The second-order valence-corrected chi connectivity index (χ2v) is 8.29. The molecule has 1 unspecified atom stereocenters. The maximum Gasteiger partial charge on any atom is 0.301 e. The number of nitrogens with zero attached hydrogens (tertiary/aromatic N) is 5. The third-order valence-corrected chi connectivity index (χ3v) is 5.90. The van der Waals surface area contributed by atoms with Gasteiger partial charge in [0.05, 0.1) is 17.9 Å². The number of pyridine rings is 1. The summed E-state index contributed by atoms with van der Waals surface area (Å²) >= 11 is 6.11. The zero-order chi connectivity index (χ0) is 25.9. The van der Waals surface area contributed by atoms with Crippen LogP contribution in [0.15, 0.2) is 91.5 Å². The van der Waals surface area contributed by atoms with Crippen molar-refractivity contribution in [2.45, 2.75) is 6.04 Å². The Kier molecular flexibility index (Phi) is 7.46. The van der Waals surface area contributed by atoms with Crippen molar-refractivity contribution >= 4 is 22.5 Å². The van der Waals surface area contributed by atoms with Crippen LogP contribution in [-0.4, -0.2) is 30.2 Å². The lowest BCUT2D eigenvalue weighted by Gasteiger charge is -2.21. The van der Waals surface area contributed by atoms with Gasteiger partial charge in [-0.25, -0.2) is 9.97 Å². The zero-order valence-electron chi connectivity index (χ0n) is 19.3. The normalized spacial score (nSPS) is 11.4. The minimum atomic E-state index is -1.10. The molecular formula is C25H18ClN5O7. The maximum atomic E-state index is 11.4. The topological polar surface area (TPSA) is 167 Å². The highest BCUT2D eigenvalue weighted by molar-refractivity contribution is 6.30. The largest absolute Gasteiger partial charge is 0.412 e. The molecule has 0 aliphatic rings. The Balaban J connectivity index is 0.00000336. The van der Waals surface area contributed by atoms with Gasteiger partial charge in [-0.15, -0.1) is 20.2 Å². The number of halogens is 1. The highest BCUT2D eigenvalue weighted by Gasteiger charge is 2.24. The van der Waals surface area contributed by atoms with Crippen LogP contribution in [0.5, 0.6) is 11.6 Å². The van der Waals surface area contributed by atoms with Crippen molar-refractivity contribution in [1.29, 1.82) is 0 Å². The molecule has 2 N–H and O–H groups in total. The van der Waals surface area contributed by atoms with Crippen LogP contribution in [0.4, 0.5) is 0 Å². The smallest absolute Gasteiger partial charge is 0.301 e. The Morgan fingerprint density at radius 3 is 2.21 bits per heavy atom. The van der Waals surface area contributed by atoms with Gasteiger partial charge in [0.2, 0.25) is 5.88 Å². The molecule has 12 nitrogen and oxygen atoms in total. The third-order valence-electron chi connectivity index (χ3n) is 5.65. The standard InChI is InChI=1S/C25H16ClN5O6.H2O/c26-19-9-6-17(7-10-19)23(29-13-12-27-15-29)18-8-11-21-20(14-18)22(16-4-2-1-3-5-16)24(36-30(32)33)25(28-21)37-31(34)35;/h1-15,23H;1H2. The first-order chi connectivity index (χ1) is 17.9. The molecule has 0 fully saturated rings. The van der Waals surface area contributed by atoms with Crippen LogP contribution >= 0.6 is 11.6 Å². The first kappa shape index (κ1) is 26.0. The summed E-state index contributed by atoms with van der Waals surface area (Å²) in [6.07, 6.45) is 5.15. The SMILES string of the molecule is O.O=[N+]([O-])Oc1nc2ccc(C(c3ccc(Cl)cc3)n3ccnc3)cc2c(-c2ccccc2)c1O[N+](=O)[O-]. The number of hydrogen-bond donors (Lipinski definition) is 0. The average Bonchev–Trinajstić information content (AvgIpc) is 3.40. The number of hydrogen-bond acceptors (Lipinski definition) is 8. The average molecular weight is 536 g/mol. The van der Waals surface area contributed by atoms with E-state index in [0.29, 0.717) is 21.5 Å². The third kappa shape index (κ3) is 5.21. The van der Waals surface area contributed by atoms with Gasteiger partial charge in [0.15, 0.2) is 5.75 Å². The van der Waals surface area contributed by atoms with E-state index in [2.05, 4.69) is 14.8 Å². The Hall–Kier alpha value is -5.07. The van der Waals surface area contributed by atoms with E-state index < -0.39 is 21.8 Å². The van der Waals surface area contributed by atoms with E-state index in [1.807, 2.05) is 35.0 Å². The summed E-state index contributed by atoms with van der Waals surface area (Å²) in [5.74, 6) is -1.12. The van der Waals surface area contributed by atoms with Crippen LogP contribution in [0, 0.1) is 20.2 Å². The molecule has 2 aromatic heterocycles. The highest BCUT2D eigenvalue weighted by Crippen LogP contribution is 2.43. The van der Waals surface area contributed by atoms with Gasteiger partial charge in [-0.1, -0.05) is 60.1 Å². The summed E-state index contributed by atoms with van der Waals surface area (Å²) in [6.45, 7) is 0. The molecule has 0 bridgehead atoms. The summed E-state index contributed by atoms with van der Waals surface area (Å²) < 4.78 is 1.90. The van der Waals surface area contributed by atoms with Crippen molar-refractivity contribution in [2.75, 3.05) is 0 Å².